The average molecular weight is 471 g/mol. The van der Waals surface area contributed by atoms with Crippen LogP contribution in [0.15, 0.2) is 42.7 Å². The molecule has 0 radical (unpaired) electrons. The fourth-order valence-corrected chi connectivity index (χ4v) is 3.79. The molecule has 3 atom stereocenters. The van der Waals surface area contributed by atoms with Crippen molar-refractivity contribution in [3.05, 3.63) is 48.3 Å². The molecule has 1 aliphatic carbocycles. The van der Waals surface area contributed by atoms with Gasteiger partial charge in [0.2, 0.25) is 0 Å². The van der Waals surface area contributed by atoms with Crippen molar-refractivity contribution in [3.8, 4) is 0 Å². The third-order valence-electron chi connectivity index (χ3n) is 5.84. The molecule has 0 aliphatic heterocycles. The van der Waals surface area contributed by atoms with E-state index in [-0.39, 0.29) is 12.1 Å². The van der Waals surface area contributed by atoms with E-state index >= 15 is 0 Å². The number of aromatic nitrogens is 3. The summed E-state index contributed by atoms with van der Waals surface area (Å²) in [6.45, 7) is 2.29. The lowest BCUT2D eigenvalue weighted by Gasteiger charge is -2.23. The summed E-state index contributed by atoms with van der Waals surface area (Å²) in [5.74, 6) is 0.366. The Hall–Kier alpha value is -3.40. The Morgan fingerprint density at radius 1 is 1.21 bits per heavy atom. The molecular weight excluding hydrogens is 442 g/mol. The number of nitrogens with one attached hydrogen (secondary N) is 3. The van der Waals surface area contributed by atoms with Crippen molar-refractivity contribution >= 4 is 34.3 Å². The number of anilines is 3. The Morgan fingerprint density at radius 3 is 2.76 bits per heavy atom. The van der Waals surface area contributed by atoms with E-state index < -0.39 is 29.9 Å². The summed E-state index contributed by atoms with van der Waals surface area (Å²) in [4.78, 5) is 25.8. The molecule has 10 heteroatoms. The molecule has 0 bridgehead atoms. The molecule has 1 amide bonds. The van der Waals surface area contributed by atoms with Crippen molar-refractivity contribution in [2.75, 3.05) is 17.2 Å². The van der Waals surface area contributed by atoms with Crippen LogP contribution in [0.5, 0.6) is 0 Å². The first-order chi connectivity index (χ1) is 16.2. The number of fused-ring (bicyclic) bond motifs is 1. The van der Waals surface area contributed by atoms with E-state index in [0.717, 1.165) is 11.9 Å². The van der Waals surface area contributed by atoms with Crippen LogP contribution in [-0.2, 0) is 0 Å². The van der Waals surface area contributed by atoms with Gasteiger partial charge in [0.1, 0.15) is 24.0 Å². The predicted molar refractivity (Wildman–Crippen MR) is 127 cm³/mol. The Kier molecular flexibility index (Phi) is 6.87. The Bertz CT molecular complexity index is 1170. The second kappa shape index (κ2) is 9.84. The van der Waals surface area contributed by atoms with Crippen LogP contribution in [0.4, 0.5) is 26.1 Å². The molecule has 0 spiro atoms. The van der Waals surface area contributed by atoms with Crippen molar-refractivity contribution < 1.29 is 18.7 Å². The summed E-state index contributed by atoms with van der Waals surface area (Å²) in [6.07, 6.45) is 2.20. The van der Waals surface area contributed by atoms with E-state index in [9.17, 15) is 18.7 Å². The topological polar surface area (TPSA) is 112 Å². The second-order valence-electron chi connectivity index (χ2n) is 9.01. The number of hydrogen-bond acceptors (Lipinski definition) is 7. The normalized spacial score (nSPS) is 19.1. The molecule has 0 aromatic carbocycles. The molecule has 4 N–H and O–H groups in total. The number of rotatable bonds is 8. The van der Waals surface area contributed by atoms with Gasteiger partial charge in [-0.1, -0.05) is 0 Å². The highest BCUT2D eigenvalue weighted by Crippen LogP contribution is 2.29. The van der Waals surface area contributed by atoms with Gasteiger partial charge in [0.25, 0.3) is 5.91 Å². The molecule has 180 valence electrons. The quantitative estimate of drug-likeness (QED) is 0.395. The third-order valence-corrected chi connectivity index (χ3v) is 5.84. The van der Waals surface area contributed by atoms with Gasteiger partial charge < -0.3 is 21.1 Å². The van der Waals surface area contributed by atoms with Crippen molar-refractivity contribution in [1.29, 1.82) is 0 Å². The second-order valence-corrected chi connectivity index (χ2v) is 9.01. The Morgan fingerprint density at radius 2 is 2.03 bits per heavy atom. The molecule has 3 heterocycles. The zero-order valence-corrected chi connectivity index (χ0v) is 19.1. The number of halogens is 2. The molecule has 1 fully saturated rings. The van der Waals surface area contributed by atoms with Crippen molar-refractivity contribution in [2.45, 2.75) is 57.1 Å². The van der Waals surface area contributed by atoms with Crippen LogP contribution < -0.4 is 16.0 Å². The summed E-state index contributed by atoms with van der Waals surface area (Å²) < 4.78 is 28.4. The number of amides is 1. The van der Waals surface area contributed by atoms with Crippen LogP contribution in [-0.4, -0.2) is 56.5 Å². The molecule has 3 unspecified atom stereocenters. The van der Waals surface area contributed by atoms with Crippen LogP contribution >= 0.6 is 0 Å². The van der Waals surface area contributed by atoms with Gasteiger partial charge in [0.15, 0.2) is 0 Å². The van der Waals surface area contributed by atoms with Crippen molar-refractivity contribution in [1.82, 2.24) is 20.3 Å². The van der Waals surface area contributed by atoms with Crippen LogP contribution in [0.3, 0.4) is 0 Å². The monoisotopic (exact) mass is 470 g/mol. The summed E-state index contributed by atoms with van der Waals surface area (Å²) in [5.41, 5.74) is 0.408. The maximum atomic E-state index is 14.3. The van der Waals surface area contributed by atoms with Crippen molar-refractivity contribution in [2.24, 2.45) is 0 Å². The summed E-state index contributed by atoms with van der Waals surface area (Å²) in [5, 5.41) is 18.5. The number of carbonyl (C=O) groups excluding carboxylic acids is 1. The molecule has 0 saturated heterocycles. The van der Waals surface area contributed by atoms with Gasteiger partial charge in [-0.3, -0.25) is 9.78 Å². The van der Waals surface area contributed by atoms with Gasteiger partial charge in [0, 0.05) is 18.5 Å². The largest absolute Gasteiger partial charge is 0.387 e. The van der Waals surface area contributed by atoms with Crippen molar-refractivity contribution in [3.63, 3.8) is 0 Å². The van der Waals surface area contributed by atoms with Crippen LogP contribution in [0.25, 0.3) is 11.0 Å². The maximum absolute atomic E-state index is 14.3. The van der Waals surface area contributed by atoms with Crippen LogP contribution in [0.1, 0.15) is 43.5 Å². The average Bonchev–Trinajstić information content (AvgIpc) is 3.21. The highest BCUT2D eigenvalue weighted by Gasteiger charge is 2.29. The Labute approximate surface area is 196 Å². The third kappa shape index (κ3) is 5.56. The molecule has 1 aliphatic rings. The molecule has 3 aromatic heterocycles. The van der Waals surface area contributed by atoms with E-state index in [2.05, 4.69) is 30.9 Å². The van der Waals surface area contributed by atoms with E-state index in [1.165, 1.54) is 20.0 Å². The van der Waals surface area contributed by atoms with Gasteiger partial charge in [0.05, 0.1) is 40.5 Å². The first-order valence-electron chi connectivity index (χ1n) is 11.2. The van der Waals surface area contributed by atoms with Gasteiger partial charge in [-0.2, -0.15) is 0 Å². The van der Waals surface area contributed by atoms with E-state index in [4.69, 9.17) is 0 Å². The van der Waals surface area contributed by atoms with Crippen LogP contribution in [0, 0.1) is 0 Å². The lowest BCUT2D eigenvalue weighted by Crippen LogP contribution is -2.42. The zero-order valence-electron chi connectivity index (χ0n) is 19.1. The predicted octanol–water partition coefficient (Wildman–Crippen LogP) is 3.91. The Balaban J connectivity index is 1.57. The molecule has 4 rings (SSSR count). The van der Waals surface area contributed by atoms with Gasteiger partial charge >= 0.3 is 0 Å². The summed E-state index contributed by atoms with van der Waals surface area (Å²) in [6, 6.07) is 8.40. The van der Waals surface area contributed by atoms with Gasteiger partial charge in [-0.15, -0.1) is 0 Å². The molecule has 3 aromatic rings. The first-order valence-corrected chi connectivity index (χ1v) is 11.2. The standard InChI is InChI=1S/C24H28F2N6O2/c1-24(2,34)20(26)13-29-23(33)14-12-28-22(11-19(14)30-16-6-3-5-15(16)25)32-21-9-8-17-18(31-21)7-4-10-27-17/h4,7-12,15-16,20,34H,3,5-6,13H2,1-2H3,(H,29,33)(H2,28,30,31,32). The number of carbonyl (C=O) groups is 1. The van der Waals surface area contributed by atoms with Gasteiger partial charge in [-0.25, -0.2) is 18.7 Å². The maximum Gasteiger partial charge on any atom is 0.255 e. The van der Waals surface area contributed by atoms with Crippen LogP contribution in [0.2, 0.25) is 0 Å². The molecular formula is C24H28F2N6O2. The number of nitrogens with zero attached hydrogens (tertiary/aromatic N) is 3. The zero-order chi connectivity index (χ0) is 24.3. The smallest absolute Gasteiger partial charge is 0.255 e. The lowest BCUT2D eigenvalue weighted by molar-refractivity contribution is -0.00177. The summed E-state index contributed by atoms with van der Waals surface area (Å²) >= 11 is 0. The number of alkyl halides is 2. The van der Waals surface area contributed by atoms with E-state index in [0.29, 0.717) is 35.7 Å². The number of aliphatic hydroxyl groups is 1. The first kappa shape index (κ1) is 23.7. The van der Waals surface area contributed by atoms with Gasteiger partial charge in [-0.05, 0) is 57.4 Å². The molecule has 1 saturated carbocycles. The van der Waals surface area contributed by atoms with E-state index in [1.807, 2.05) is 12.1 Å². The van der Waals surface area contributed by atoms with E-state index in [1.54, 1.807) is 24.4 Å². The fourth-order valence-electron chi connectivity index (χ4n) is 3.79. The summed E-state index contributed by atoms with van der Waals surface area (Å²) in [7, 11) is 0. The highest BCUT2D eigenvalue weighted by molar-refractivity contribution is 6.00. The molecule has 8 nitrogen and oxygen atoms in total. The number of hydrogen-bond donors (Lipinski definition) is 4. The highest BCUT2D eigenvalue weighted by atomic mass is 19.1. The minimum absolute atomic E-state index is 0.156. The lowest BCUT2D eigenvalue weighted by atomic mass is 10.0. The number of pyridine rings is 3. The minimum atomic E-state index is -1.65. The minimum Gasteiger partial charge on any atom is -0.387 e. The fraction of sp³-hybridized carbons (Fsp3) is 0.417. The molecule has 34 heavy (non-hydrogen) atoms. The SMILES string of the molecule is CC(C)(O)C(F)CNC(=O)c1cnc(Nc2ccc3ncccc3n2)cc1NC1CCCC1F.